The Morgan fingerprint density at radius 3 is 2.83 bits per heavy atom. The topological polar surface area (TPSA) is 94.2 Å². The van der Waals surface area contributed by atoms with Crippen LogP contribution in [0.3, 0.4) is 0 Å². The number of hydrogen-bond donors (Lipinski definition) is 0. The second-order valence-corrected chi connectivity index (χ2v) is 6.01. The molecular weight excluding hydrogens is 310 g/mol. The number of aryl methyl sites for hydroxylation is 3. The van der Waals surface area contributed by atoms with Crippen LogP contribution >= 0.6 is 0 Å². The quantitative estimate of drug-likeness (QED) is 0.835. The predicted octanol–water partition coefficient (Wildman–Crippen LogP) is 1.40. The first-order valence-electron chi connectivity index (χ1n) is 8.03. The summed E-state index contributed by atoms with van der Waals surface area (Å²) in [7, 11) is 0. The highest BCUT2D eigenvalue weighted by atomic mass is 16.5. The molecule has 0 spiro atoms. The van der Waals surface area contributed by atoms with Crippen LogP contribution in [0.1, 0.15) is 42.7 Å². The highest BCUT2D eigenvalue weighted by Gasteiger charge is 2.32. The fraction of sp³-hybridized carbons (Fsp3) is 0.562. The Morgan fingerprint density at radius 2 is 2.12 bits per heavy atom. The Balaban J connectivity index is 1.61. The smallest absolute Gasteiger partial charge is 0.257 e. The van der Waals surface area contributed by atoms with Gasteiger partial charge in [0.15, 0.2) is 11.9 Å². The number of rotatable bonds is 4. The zero-order valence-electron chi connectivity index (χ0n) is 14.1. The average molecular weight is 331 g/mol. The van der Waals surface area contributed by atoms with Crippen LogP contribution in [-0.2, 0) is 16.0 Å². The summed E-state index contributed by atoms with van der Waals surface area (Å²) in [5, 5.41) is 3.79. The summed E-state index contributed by atoms with van der Waals surface area (Å²) in [6, 6.07) is 1.84. The third-order valence-corrected chi connectivity index (χ3v) is 3.86. The molecule has 1 aliphatic heterocycles. The van der Waals surface area contributed by atoms with E-state index in [0.717, 1.165) is 5.69 Å². The summed E-state index contributed by atoms with van der Waals surface area (Å²) in [6.07, 6.45) is 2.26. The van der Waals surface area contributed by atoms with Crippen molar-refractivity contribution in [2.45, 2.75) is 45.8 Å². The first-order valence-corrected chi connectivity index (χ1v) is 8.03. The zero-order valence-corrected chi connectivity index (χ0v) is 14.1. The lowest BCUT2D eigenvalue weighted by Crippen LogP contribution is -2.46. The van der Waals surface area contributed by atoms with Crippen molar-refractivity contribution >= 4 is 5.91 Å². The molecule has 0 N–H and O–H groups in total. The summed E-state index contributed by atoms with van der Waals surface area (Å²) in [5.74, 6) is 1.77. The van der Waals surface area contributed by atoms with Gasteiger partial charge in [-0.2, -0.15) is 4.98 Å². The van der Waals surface area contributed by atoms with E-state index in [2.05, 4.69) is 20.1 Å². The number of carbonyl (C=O) groups is 1. The van der Waals surface area contributed by atoms with Gasteiger partial charge in [-0.1, -0.05) is 5.16 Å². The molecule has 2 atom stereocenters. The van der Waals surface area contributed by atoms with Gasteiger partial charge in [0, 0.05) is 24.9 Å². The molecule has 3 heterocycles. The monoisotopic (exact) mass is 331 g/mol. The van der Waals surface area contributed by atoms with E-state index in [4.69, 9.17) is 9.26 Å². The lowest BCUT2D eigenvalue weighted by molar-refractivity contribution is -0.146. The molecule has 0 radical (unpaired) electrons. The van der Waals surface area contributed by atoms with Gasteiger partial charge in [-0.25, -0.2) is 9.97 Å². The van der Waals surface area contributed by atoms with Crippen molar-refractivity contribution in [2.24, 2.45) is 0 Å². The van der Waals surface area contributed by atoms with Crippen molar-refractivity contribution in [1.82, 2.24) is 25.0 Å². The van der Waals surface area contributed by atoms with Crippen LogP contribution in [0, 0.1) is 13.8 Å². The van der Waals surface area contributed by atoms with Crippen LogP contribution in [0.5, 0.6) is 0 Å². The fourth-order valence-electron chi connectivity index (χ4n) is 2.77. The van der Waals surface area contributed by atoms with Crippen molar-refractivity contribution in [3.05, 3.63) is 35.5 Å². The minimum Gasteiger partial charge on any atom is -0.362 e. The van der Waals surface area contributed by atoms with Gasteiger partial charge in [0.1, 0.15) is 5.82 Å². The number of aromatic nitrogens is 4. The molecule has 1 saturated heterocycles. The molecule has 0 bridgehead atoms. The van der Waals surface area contributed by atoms with Crippen LogP contribution in [0.4, 0.5) is 0 Å². The van der Waals surface area contributed by atoms with E-state index in [1.54, 1.807) is 18.0 Å². The van der Waals surface area contributed by atoms with Gasteiger partial charge in [-0.05, 0) is 33.3 Å². The predicted molar refractivity (Wildman–Crippen MR) is 84.0 cm³/mol. The van der Waals surface area contributed by atoms with Gasteiger partial charge < -0.3 is 14.2 Å². The molecule has 24 heavy (non-hydrogen) atoms. The molecule has 128 valence electrons. The minimum atomic E-state index is -0.375. The SMILES string of the molecule is Cc1nccc(CCC(=O)N2C[C@@H](C)O[C@@H](c3nc(C)no3)C2)n1. The summed E-state index contributed by atoms with van der Waals surface area (Å²) in [6.45, 7) is 6.51. The molecule has 1 fully saturated rings. The minimum absolute atomic E-state index is 0.0719. The number of amides is 1. The number of nitrogens with zero attached hydrogens (tertiary/aromatic N) is 5. The van der Waals surface area contributed by atoms with E-state index in [9.17, 15) is 4.79 Å². The van der Waals surface area contributed by atoms with Gasteiger partial charge in [-0.15, -0.1) is 0 Å². The highest BCUT2D eigenvalue weighted by Crippen LogP contribution is 2.24. The van der Waals surface area contributed by atoms with Crippen molar-refractivity contribution in [1.29, 1.82) is 0 Å². The molecule has 1 aliphatic rings. The van der Waals surface area contributed by atoms with Gasteiger partial charge in [-0.3, -0.25) is 4.79 Å². The Labute approximate surface area is 140 Å². The van der Waals surface area contributed by atoms with E-state index < -0.39 is 0 Å². The maximum absolute atomic E-state index is 12.5. The van der Waals surface area contributed by atoms with Gasteiger partial charge in [0.25, 0.3) is 5.89 Å². The zero-order chi connectivity index (χ0) is 17.1. The Bertz CT molecular complexity index is 717. The first-order chi connectivity index (χ1) is 11.5. The summed E-state index contributed by atoms with van der Waals surface area (Å²) in [5.41, 5.74) is 0.876. The molecule has 8 nitrogen and oxygen atoms in total. The molecule has 3 rings (SSSR count). The number of hydrogen-bond acceptors (Lipinski definition) is 7. The maximum atomic E-state index is 12.5. The number of morpholine rings is 1. The van der Waals surface area contributed by atoms with E-state index in [1.165, 1.54) is 0 Å². The van der Waals surface area contributed by atoms with E-state index in [0.29, 0.717) is 43.5 Å². The molecule has 0 unspecified atom stereocenters. The van der Waals surface area contributed by atoms with Gasteiger partial charge in [0.05, 0.1) is 12.6 Å². The van der Waals surface area contributed by atoms with Gasteiger partial charge >= 0.3 is 0 Å². The van der Waals surface area contributed by atoms with E-state index in [1.807, 2.05) is 19.9 Å². The molecular formula is C16H21N5O3. The largest absolute Gasteiger partial charge is 0.362 e. The lowest BCUT2D eigenvalue weighted by Gasteiger charge is -2.35. The van der Waals surface area contributed by atoms with Gasteiger partial charge in [0.2, 0.25) is 5.91 Å². The summed E-state index contributed by atoms with van der Waals surface area (Å²) in [4.78, 5) is 26.9. The van der Waals surface area contributed by atoms with Crippen LogP contribution in [0.25, 0.3) is 0 Å². The lowest BCUT2D eigenvalue weighted by atomic mass is 10.1. The highest BCUT2D eigenvalue weighted by molar-refractivity contribution is 5.76. The van der Waals surface area contributed by atoms with E-state index >= 15 is 0 Å². The van der Waals surface area contributed by atoms with Crippen molar-refractivity contribution < 1.29 is 14.1 Å². The normalized spacial score (nSPS) is 21.0. The average Bonchev–Trinajstić information content (AvgIpc) is 2.99. The summed E-state index contributed by atoms with van der Waals surface area (Å²) < 4.78 is 11.0. The number of carbonyl (C=O) groups excluding carboxylic acids is 1. The molecule has 0 saturated carbocycles. The third kappa shape index (κ3) is 3.94. The van der Waals surface area contributed by atoms with Crippen LogP contribution in [0.2, 0.25) is 0 Å². The third-order valence-electron chi connectivity index (χ3n) is 3.86. The molecule has 8 heteroatoms. The molecule has 1 amide bonds. The van der Waals surface area contributed by atoms with Crippen molar-refractivity contribution in [3.8, 4) is 0 Å². The maximum Gasteiger partial charge on any atom is 0.257 e. The number of ether oxygens (including phenoxy) is 1. The second kappa shape index (κ2) is 7.04. The Kier molecular flexibility index (Phi) is 4.84. The standard InChI is InChI=1S/C16H21N5O3/c1-10-8-21(9-14(23-10)16-19-12(3)20-24-16)15(22)5-4-13-6-7-17-11(2)18-13/h6-7,10,14H,4-5,8-9H2,1-3H3/t10-,14-/m1/s1. The van der Waals surface area contributed by atoms with E-state index in [-0.39, 0.29) is 18.1 Å². The molecule has 0 aliphatic carbocycles. The van der Waals surface area contributed by atoms with Crippen LogP contribution < -0.4 is 0 Å². The Hall–Kier alpha value is -2.35. The van der Waals surface area contributed by atoms with Crippen molar-refractivity contribution in [2.75, 3.05) is 13.1 Å². The molecule has 0 aromatic carbocycles. The van der Waals surface area contributed by atoms with Crippen LogP contribution in [-0.4, -0.2) is 50.1 Å². The van der Waals surface area contributed by atoms with Crippen molar-refractivity contribution in [3.63, 3.8) is 0 Å². The second-order valence-electron chi connectivity index (χ2n) is 6.01. The molecule has 2 aromatic rings. The first kappa shape index (κ1) is 16.5. The van der Waals surface area contributed by atoms with Crippen LogP contribution in [0.15, 0.2) is 16.8 Å². The summed E-state index contributed by atoms with van der Waals surface area (Å²) >= 11 is 0. The Morgan fingerprint density at radius 1 is 1.29 bits per heavy atom. The molecule has 2 aromatic heterocycles. The fourth-order valence-corrected chi connectivity index (χ4v) is 2.77.